The Kier molecular flexibility index (Phi) is 6.62. The highest BCUT2D eigenvalue weighted by Gasteiger charge is 2.65. The van der Waals surface area contributed by atoms with Crippen molar-refractivity contribution in [3.63, 3.8) is 0 Å². The van der Waals surface area contributed by atoms with Crippen molar-refractivity contribution in [3.05, 3.63) is 11.3 Å². The van der Waals surface area contributed by atoms with Crippen molar-refractivity contribution in [2.45, 2.75) is 111 Å². The molecule has 3 aliphatic carbocycles. The summed E-state index contributed by atoms with van der Waals surface area (Å²) >= 11 is 0. The number of aliphatic hydroxyl groups excluding tert-OH is 2. The fourth-order valence-corrected chi connectivity index (χ4v) is 8.49. The van der Waals surface area contributed by atoms with Gasteiger partial charge in [0, 0.05) is 17.9 Å². The van der Waals surface area contributed by atoms with Crippen LogP contribution in [0, 0.1) is 39.9 Å². The van der Waals surface area contributed by atoms with Crippen LogP contribution >= 0.6 is 0 Å². The maximum atomic E-state index is 13.6. The molecule has 0 aromatic rings. The molecule has 1 heterocycles. The van der Waals surface area contributed by atoms with Gasteiger partial charge in [-0.3, -0.25) is 4.79 Å². The molecule has 0 bridgehead atoms. The monoisotopic (exact) mass is 446 g/mol. The van der Waals surface area contributed by atoms with Gasteiger partial charge in [-0.1, -0.05) is 53.9 Å². The van der Waals surface area contributed by atoms with Crippen molar-refractivity contribution < 1.29 is 19.7 Å². The van der Waals surface area contributed by atoms with Crippen LogP contribution in [0.4, 0.5) is 0 Å². The second-order valence-electron chi connectivity index (χ2n) is 12.6. The topological polar surface area (TPSA) is 66.8 Å². The quantitative estimate of drug-likeness (QED) is 0.470. The van der Waals surface area contributed by atoms with Crippen LogP contribution in [0.3, 0.4) is 0 Å². The summed E-state index contributed by atoms with van der Waals surface area (Å²) in [5.74, 6) is 3.31. The van der Waals surface area contributed by atoms with Crippen LogP contribution < -0.4 is 0 Å². The van der Waals surface area contributed by atoms with E-state index in [0.29, 0.717) is 30.6 Å². The van der Waals surface area contributed by atoms with Crippen molar-refractivity contribution in [1.82, 2.24) is 0 Å². The van der Waals surface area contributed by atoms with E-state index in [2.05, 4.69) is 34.6 Å². The van der Waals surface area contributed by atoms with Gasteiger partial charge in [0.25, 0.3) is 0 Å². The molecule has 4 aliphatic rings. The van der Waals surface area contributed by atoms with E-state index in [9.17, 15) is 15.0 Å². The number of hydrogen-bond acceptors (Lipinski definition) is 4. The Morgan fingerprint density at radius 3 is 2.53 bits per heavy atom. The number of allylic oxidation sites excluding steroid dienone is 2. The maximum Gasteiger partial charge on any atom is 0.318 e. The van der Waals surface area contributed by atoms with Crippen molar-refractivity contribution in [3.8, 4) is 0 Å². The third kappa shape index (κ3) is 3.59. The summed E-state index contributed by atoms with van der Waals surface area (Å²) in [5, 5.41) is 20.3. The molecule has 4 rings (SSSR count). The molecule has 0 saturated heterocycles. The highest BCUT2D eigenvalue weighted by atomic mass is 16.5. The molecule has 0 aromatic carbocycles. The molecule has 2 saturated carbocycles. The average Bonchev–Trinajstić information content (AvgIpc) is 3.07. The molecule has 0 amide bonds. The lowest BCUT2D eigenvalue weighted by molar-refractivity contribution is -0.179. The van der Waals surface area contributed by atoms with Crippen LogP contribution in [-0.2, 0) is 9.53 Å². The molecule has 0 aromatic heterocycles. The first kappa shape index (κ1) is 24.3. The molecule has 0 radical (unpaired) electrons. The summed E-state index contributed by atoms with van der Waals surface area (Å²) in [6.07, 6.45) is 10.3. The minimum absolute atomic E-state index is 0.0445. The fourth-order valence-electron chi connectivity index (χ4n) is 8.49. The van der Waals surface area contributed by atoms with Crippen LogP contribution in [0.15, 0.2) is 11.3 Å². The van der Waals surface area contributed by atoms with Crippen LogP contribution in [0.5, 0.6) is 0 Å². The van der Waals surface area contributed by atoms with Gasteiger partial charge in [0.2, 0.25) is 0 Å². The molecule has 2 N–H and O–H groups in total. The van der Waals surface area contributed by atoms with Gasteiger partial charge in [-0.25, -0.2) is 0 Å². The molecule has 32 heavy (non-hydrogen) atoms. The van der Waals surface area contributed by atoms with E-state index in [1.165, 1.54) is 37.7 Å². The molecule has 0 unspecified atom stereocenters. The number of hydrogen-bond donors (Lipinski definition) is 2. The fraction of sp³-hybridized carbons (Fsp3) is 0.893. The predicted octanol–water partition coefficient (Wildman–Crippen LogP) is 6.01. The standard InChI is InChI=1S/C28H46O4/c1-18(2)7-6-8-19(3)21-9-10-22-24-23(12-13-26(21,22)4)27(5)14-11-20(30)17-28(27,15-16-29)25(31)32-24/h18-22,29-30H,6-17H2,1-5H3/t19-,20+,21-,22+,26-,27-,28+/m1/s1. The molecular weight excluding hydrogens is 400 g/mol. The van der Waals surface area contributed by atoms with Gasteiger partial charge in [0.05, 0.1) is 11.5 Å². The number of fused-ring (bicyclic) bond motifs is 4. The van der Waals surface area contributed by atoms with Crippen LogP contribution in [-0.4, -0.2) is 28.9 Å². The first-order valence-electron chi connectivity index (χ1n) is 13.3. The summed E-state index contributed by atoms with van der Waals surface area (Å²) in [6.45, 7) is 11.7. The summed E-state index contributed by atoms with van der Waals surface area (Å²) in [4.78, 5) is 13.6. The molecule has 0 spiro atoms. The molecule has 1 aliphatic heterocycles. The summed E-state index contributed by atoms with van der Waals surface area (Å²) in [7, 11) is 0. The van der Waals surface area contributed by atoms with E-state index >= 15 is 0 Å². The van der Waals surface area contributed by atoms with E-state index in [4.69, 9.17) is 4.74 Å². The van der Waals surface area contributed by atoms with Gasteiger partial charge >= 0.3 is 5.97 Å². The number of rotatable bonds is 7. The smallest absolute Gasteiger partial charge is 0.318 e. The maximum absolute atomic E-state index is 13.6. The number of carbonyl (C=O) groups is 1. The highest BCUT2D eigenvalue weighted by Crippen LogP contribution is 2.68. The van der Waals surface area contributed by atoms with Crippen molar-refractivity contribution in [2.24, 2.45) is 39.9 Å². The molecule has 7 atom stereocenters. The summed E-state index contributed by atoms with van der Waals surface area (Å²) in [5.41, 5.74) is 0.460. The van der Waals surface area contributed by atoms with Gasteiger partial charge in [-0.15, -0.1) is 0 Å². The van der Waals surface area contributed by atoms with Crippen molar-refractivity contribution in [1.29, 1.82) is 0 Å². The van der Waals surface area contributed by atoms with Crippen LogP contribution in [0.25, 0.3) is 0 Å². The molecule has 4 heteroatoms. The lowest BCUT2D eigenvalue weighted by Gasteiger charge is -2.58. The third-order valence-corrected chi connectivity index (χ3v) is 10.5. The summed E-state index contributed by atoms with van der Waals surface area (Å²) < 4.78 is 6.27. The number of carbonyl (C=O) groups excluding carboxylic acids is 1. The number of aliphatic hydroxyl groups is 2. The number of esters is 1. The third-order valence-electron chi connectivity index (χ3n) is 10.5. The zero-order valence-corrected chi connectivity index (χ0v) is 21.1. The normalized spacial score (nSPS) is 42.4. The van der Waals surface area contributed by atoms with E-state index in [-0.39, 0.29) is 23.4 Å². The van der Waals surface area contributed by atoms with E-state index in [0.717, 1.165) is 37.4 Å². The van der Waals surface area contributed by atoms with E-state index in [1.807, 2.05) is 0 Å². The van der Waals surface area contributed by atoms with Crippen LogP contribution in [0.2, 0.25) is 0 Å². The van der Waals surface area contributed by atoms with Gasteiger partial charge in [0.15, 0.2) is 0 Å². The van der Waals surface area contributed by atoms with Crippen molar-refractivity contribution >= 4 is 5.97 Å². The Hall–Kier alpha value is -0.870. The molecule has 2 fully saturated rings. The Labute approximate surface area is 195 Å². The van der Waals surface area contributed by atoms with Gasteiger partial charge < -0.3 is 14.9 Å². The SMILES string of the molecule is CC(C)CCC[C@@H](C)[C@H]1CC[C@H]2C3=C(CC[C@]12C)[C@@]1(C)CC[C@H](O)C[C@@]1(CCO)C(=O)O3. The average molecular weight is 447 g/mol. The van der Waals surface area contributed by atoms with E-state index < -0.39 is 11.5 Å². The Morgan fingerprint density at radius 2 is 1.84 bits per heavy atom. The predicted molar refractivity (Wildman–Crippen MR) is 127 cm³/mol. The Morgan fingerprint density at radius 1 is 1.09 bits per heavy atom. The zero-order chi connectivity index (χ0) is 23.3. The summed E-state index contributed by atoms with van der Waals surface area (Å²) in [6, 6.07) is 0. The van der Waals surface area contributed by atoms with Crippen LogP contribution in [0.1, 0.15) is 105 Å². The Balaban J connectivity index is 1.63. The minimum Gasteiger partial charge on any atom is -0.430 e. The second-order valence-corrected chi connectivity index (χ2v) is 12.6. The van der Waals surface area contributed by atoms with Gasteiger partial charge in [-0.05, 0) is 80.1 Å². The molecule has 182 valence electrons. The zero-order valence-electron chi connectivity index (χ0n) is 21.1. The largest absolute Gasteiger partial charge is 0.430 e. The second kappa shape index (κ2) is 8.73. The molecular formula is C28H46O4. The van der Waals surface area contributed by atoms with E-state index in [1.54, 1.807) is 0 Å². The van der Waals surface area contributed by atoms with Crippen molar-refractivity contribution in [2.75, 3.05) is 6.61 Å². The first-order chi connectivity index (χ1) is 15.1. The highest BCUT2D eigenvalue weighted by molar-refractivity contribution is 5.82. The first-order valence-corrected chi connectivity index (χ1v) is 13.3. The Bertz CT molecular complexity index is 757. The van der Waals surface area contributed by atoms with Gasteiger partial charge in [0.1, 0.15) is 5.76 Å². The van der Waals surface area contributed by atoms with Gasteiger partial charge in [-0.2, -0.15) is 0 Å². The molecule has 4 nitrogen and oxygen atoms in total. The lowest BCUT2D eigenvalue weighted by atomic mass is 9.48. The number of ether oxygens (including phenoxy) is 1. The minimum atomic E-state index is -0.784. The lowest BCUT2D eigenvalue weighted by Crippen LogP contribution is -2.58.